The molecule has 8 heteroatoms. The van der Waals surface area contributed by atoms with Crippen molar-refractivity contribution in [3.63, 3.8) is 0 Å². The number of nitrogens with zero attached hydrogens (tertiary/aromatic N) is 1. The fourth-order valence-corrected chi connectivity index (χ4v) is 3.31. The lowest BCUT2D eigenvalue weighted by Gasteiger charge is -2.13. The largest absolute Gasteiger partial charge is 0.481 e. The minimum Gasteiger partial charge on any atom is -0.481 e. The zero-order valence-corrected chi connectivity index (χ0v) is 13.5. The van der Waals surface area contributed by atoms with Crippen molar-refractivity contribution in [3.05, 3.63) is 45.1 Å². The number of aromatic nitrogens is 2. The molecule has 132 valence electrons. The van der Waals surface area contributed by atoms with Crippen molar-refractivity contribution in [1.29, 1.82) is 0 Å². The number of para-hydroxylation sites is 1. The Kier molecular flexibility index (Phi) is 4.69. The second-order valence-corrected chi connectivity index (χ2v) is 6.29. The van der Waals surface area contributed by atoms with Gasteiger partial charge in [-0.25, -0.2) is 4.79 Å². The van der Waals surface area contributed by atoms with E-state index < -0.39 is 23.1 Å². The van der Waals surface area contributed by atoms with E-state index in [2.05, 4.69) is 10.3 Å². The molecule has 1 heterocycles. The molecule has 2 atom stereocenters. The summed E-state index contributed by atoms with van der Waals surface area (Å²) in [5.74, 6) is -1.47. The smallest absolute Gasteiger partial charge is 0.328 e. The lowest BCUT2D eigenvalue weighted by atomic mass is 10.1. The average Bonchev–Trinajstić information content (AvgIpc) is 3.03. The van der Waals surface area contributed by atoms with Crippen molar-refractivity contribution in [1.82, 2.24) is 14.9 Å². The van der Waals surface area contributed by atoms with Gasteiger partial charge in [-0.3, -0.25) is 23.9 Å². The van der Waals surface area contributed by atoms with Gasteiger partial charge < -0.3 is 10.4 Å². The second-order valence-electron chi connectivity index (χ2n) is 6.29. The third-order valence-electron chi connectivity index (χ3n) is 4.61. The lowest BCUT2D eigenvalue weighted by Crippen LogP contribution is -2.36. The fourth-order valence-electron chi connectivity index (χ4n) is 3.31. The number of hydrogen-bond donors (Lipinski definition) is 3. The van der Waals surface area contributed by atoms with E-state index in [-0.39, 0.29) is 24.9 Å². The number of rotatable bonds is 5. The number of aryl methyl sites for hydroxylation is 1. The van der Waals surface area contributed by atoms with Crippen molar-refractivity contribution in [2.75, 3.05) is 0 Å². The van der Waals surface area contributed by atoms with Crippen LogP contribution >= 0.6 is 0 Å². The number of carboxylic acids is 1. The van der Waals surface area contributed by atoms with Crippen molar-refractivity contribution in [2.24, 2.45) is 5.92 Å². The molecule has 1 amide bonds. The van der Waals surface area contributed by atoms with Gasteiger partial charge >= 0.3 is 11.7 Å². The predicted octanol–water partition coefficient (Wildman–Crippen LogP) is 0.449. The number of benzene rings is 1. The number of amides is 1. The molecule has 8 nitrogen and oxygen atoms in total. The second kappa shape index (κ2) is 6.92. The van der Waals surface area contributed by atoms with Gasteiger partial charge in [0.05, 0.1) is 16.8 Å². The highest BCUT2D eigenvalue weighted by atomic mass is 16.4. The number of fused-ring (bicyclic) bond motifs is 1. The summed E-state index contributed by atoms with van der Waals surface area (Å²) in [5.41, 5.74) is -0.522. The first-order valence-electron chi connectivity index (χ1n) is 8.19. The van der Waals surface area contributed by atoms with Crippen molar-refractivity contribution in [2.45, 2.75) is 38.3 Å². The van der Waals surface area contributed by atoms with Gasteiger partial charge in [-0.2, -0.15) is 0 Å². The number of aromatic amines is 1. The minimum absolute atomic E-state index is 0.0736. The van der Waals surface area contributed by atoms with Crippen LogP contribution in [0.5, 0.6) is 0 Å². The molecule has 0 spiro atoms. The Morgan fingerprint density at radius 2 is 2.00 bits per heavy atom. The Balaban J connectivity index is 1.67. The van der Waals surface area contributed by atoms with E-state index in [1.165, 1.54) is 4.57 Å². The van der Waals surface area contributed by atoms with Crippen LogP contribution in [0, 0.1) is 5.92 Å². The van der Waals surface area contributed by atoms with Crippen LogP contribution in [-0.4, -0.2) is 32.6 Å². The van der Waals surface area contributed by atoms with E-state index in [1.807, 2.05) is 0 Å². The molecule has 1 fully saturated rings. The van der Waals surface area contributed by atoms with Gasteiger partial charge in [0.15, 0.2) is 0 Å². The molecule has 1 aromatic heterocycles. The van der Waals surface area contributed by atoms with E-state index in [0.717, 1.165) is 0 Å². The molecular formula is C17H19N3O5. The van der Waals surface area contributed by atoms with Crippen LogP contribution in [0.3, 0.4) is 0 Å². The third-order valence-corrected chi connectivity index (χ3v) is 4.61. The molecule has 3 N–H and O–H groups in total. The average molecular weight is 345 g/mol. The monoisotopic (exact) mass is 345 g/mol. The fraction of sp³-hybridized carbons (Fsp3) is 0.412. The van der Waals surface area contributed by atoms with Gasteiger partial charge in [0.1, 0.15) is 0 Å². The van der Waals surface area contributed by atoms with Crippen LogP contribution in [0.15, 0.2) is 33.9 Å². The van der Waals surface area contributed by atoms with E-state index in [9.17, 15) is 19.2 Å². The molecule has 2 aromatic rings. The maximum Gasteiger partial charge on any atom is 0.328 e. The van der Waals surface area contributed by atoms with E-state index in [0.29, 0.717) is 30.2 Å². The standard InChI is InChI=1S/C17H19N3O5/c21-14(18-11-6-5-10(9-11)16(23)24)7-8-20-13-4-2-1-3-12(13)15(22)19-17(20)25/h1-4,10-11H,5-9H2,(H,18,21)(H,23,24)(H,19,22,25)/t10-,11+/m0/s1. The normalized spacial score (nSPS) is 19.8. The predicted molar refractivity (Wildman–Crippen MR) is 90.4 cm³/mol. The number of aliphatic carboxylic acids is 1. The van der Waals surface area contributed by atoms with E-state index >= 15 is 0 Å². The first-order valence-corrected chi connectivity index (χ1v) is 8.19. The van der Waals surface area contributed by atoms with E-state index in [4.69, 9.17) is 5.11 Å². The van der Waals surface area contributed by atoms with Gasteiger partial charge in [-0.15, -0.1) is 0 Å². The number of carbonyl (C=O) groups excluding carboxylic acids is 1. The number of H-pyrrole nitrogens is 1. The van der Waals surface area contributed by atoms with Gasteiger partial charge in [0.25, 0.3) is 5.56 Å². The van der Waals surface area contributed by atoms with Gasteiger partial charge in [0, 0.05) is 19.0 Å². The van der Waals surface area contributed by atoms with Crippen LogP contribution < -0.4 is 16.6 Å². The van der Waals surface area contributed by atoms with Crippen molar-refractivity contribution >= 4 is 22.8 Å². The molecule has 0 bridgehead atoms. The SMILES string of the molecule is O=C(CCn1c(=O)[nH]c(=O)c2ccccc21)N[C@@H]1CC[C@H](C(=O)O)C1. The number of nitrogens with one attached hydrogen (secondary N) is 2. The summed E-state index contributed by atoms with van der Waals surface area (Å²) in [7, 11) is 0. The molecule has 1 aliphatic carbocycles. The maximum absolute atomic E-state index is 12.1. The molecule has 1 aromatic carbocycles. The molecule has 0 radical (unpaired) electrons. The summed E-state index contributed by atoms with van der Waals surface area (Å²) in [5, 5.41) is 12.2. The molecule has 1 aliphatic rings. The number of carboxylic acid groups (broad SMARTS) is 1. The quantitative estimate of drug-likeness (QED) is 0.726. The first-order chi connectivity index (χ1) is 12.0. The van der Waals surface area contributed by atoms with Crippen LogP contribution in [0.1, 0.15) is 25.7 Å². The topological polar surface area (TPSA) is 121 Å². The molecule has 0 saturated heterocycles. The molecule has 1 saturated carbocycles. The Morgan fingerprint density at radius 1 is 1.24 bits per heavy atom. The van der Waals surface area contributed by atoms with Crippen molar-refractivity contribution in [3.8, 4) is 0 Å². The van der Waals surface area contributed by atoms with Crippen molar-refractivity contribution < 1.29 is 14.7 Å². The molecule has 0 unspecified atom stereocenters. The van der Waals surface area contributed by atoms with Gasteiger partial charge in [-0.1, -0.05) is 12.1 Å². The van der Waals surface area contributed by atoms with E-state index in [1.54, 1.807) is 24.3 Å². The van der Waals surface area contributed by atoms with Gasteiger partial charge in [-0.05, 0) is 31.4 Å². The summed E-state index contributed by atoms with van der Waals surface area (Å²) in [6.07, 6.45) is 1.71. The third kappa shape index (κ3) is 3.62. The Morgan fingerprint density at radius 3 is 2.72 bits per heavy atom. The summed E-state index contributed by atoms with van der Waals surface area (Å²) >= 11 is 0. The number of carbonyl (C=O) groups is 2. The van der Waals surface area contributed by atoms with Crippen LogP contribution in [-0.2, 0) is 16.1 Å². The molecule has 25 heavy (non-hydrogen) atoms. The van der Waals surface area contributed by atoms with Gasteiger partial charge in [0.2, 0.25) is 5.91 Å². The highest BCUT2D eigenvalue weighted by Crippen LogP contribution is 2.25. The Bertz CT molecular complexity index is 930. The Hall–Kier alpha value is -2.90. The summed E-state index contributed by atoms with van der Waals surface area (Å²) in [6, 6.07) is 6.57. The summed E-state index contributed by atoms with van der Waals surface area (Å²) in [4.78, 5) is 49.2. The Labute approximate surface area is 142 Å². The highest BCUT2D eigenvalue weighted by Gasteiger charge is 2.30. The highest BCUT2D eigenvalue weighted by molar-refractivity contribution is 5.79. The van der Waals surface area contributed by atoms with Crippen LogP contribution in [0.4, 0.5) is 0 Å². The maximum atomic E-state index is 12.1. The van der Waals surface area contributed by atoms with Crippen LogP contribution in [0.2, 0.25) is 0 Å². The number of hydrogen-bond acceptors (Lipinski definition) is 4. The first kappa shape index (κ1) is 16.9. The minimum atomic E-state index is -0.831. The zero-order valence-electron chi connectivity index (χ0n) is 13.5. The lowest BCUT2D eigenvalue weighted by molar-refractivity contribution is -0.141. The summed E-state index contributed by atoms with van der Waals surface area (Å²) < 4.78 is 1.37. The molecular weight excluding hydrogens is 326 g/mol. The zero-order chi connectivity index (χ0) is 18.0. The molecule has 0 aliphatic heterocycles. The van der Waals surface area contributed by atoms with Crippen LogP contribution in [0.25, 0.3) is 10.9 Å². The molecule has 3 rings (SSSR count). The summed E-state index contributed by atoms with van der Waals surface area (Å²) in [6.45, 7) is 0.136.